The summed E-state index contributed by atoms with van der Waals surface area (Å²) in [6, 6.07) is 5.93. The Hall–Kier alpha value is -1.62. The van der Waals surface area contributed by atoms with E-state index in [2.05, 4.69) is 10.3 Å². The molecule has 0 unspecified atom stereocenters. The van der Waals surface area contributed by atoms with Crippen LogP contribution in [-0.2, 0) is 4.79 Å². The standard InChI is InChI=1S/C14H16N2O2S/c1-8(10-6-13(17)15-7-10)18-12-5-3-4-11-14(12)19-9(2)16-11/h3-5,8,10H,6-7H2,1-2H3,(H,15,17)/t8-,10-/m1/s1. The maximum Gasteiger partial charge on any atom is 0.220 e. The van der Waals surface area contributed by atoms with Crippen molar-refractivity contribution >= 4 is 27.5 Å². The van der Waals surface area contributed by atoms with Gasteiger partial charge in [0.15, 0.2) is 0 Å². The van der Waals surface area contributed by atoms with Gasteiger partial charge in [-0.05, 0) is 26.0 Å². The number of aromatic nitrogens is 1. The fourth-order valence-corrected chi connectivity index (χ4v) is 3.26. The van der Waals surface area contributed by atoms with E-state index in [0.717, 1.165) is 21.0 Å². The number of nitrogens with zero attached hydrogens (tertiary/aromatic N) is 1. The smallest absolute Gasteiger partial charge is 0.220 e. The Morgan fingerprint density at radius 1 is 1.53 bits per heavy atom. The molecule has 0 bridgehead atoms. The number of nitrogens with one attached hydrogen (secondary N) is 1. The second-order valence-electron chi connectivity index (χ2n) is 4.93. The summed E-state index contributed by atoms with van der Waals surface area (Å²) >= 11 is 1.65. The molecule has 0 aliphatic carbocycles. The van der Waals surface area contributed by atoms with Gasteiger partial charge >= 0.3 is 0 Å². The molecule has 1 aliphatic rings. The van der Waals surface area contributed by atoms with Gasteiger partial charge < -0.3 is 10.1 Å². The Balaban J connectivity index is 1.82. The van der Waals surface area contributed by atoms with Crippen LogP contribution >= 0.6 is 11.3 Å². The lowest BCUT2D eigenvalue weighted by Gasteiger charge is -2.19. The number of aryl methyl sites for hydroxylation is 1. The first-order valence-electron chi connectivity index (χ1n) is 6.43. The summed E-state index contributed by atoms with van der Waals surface area (Å²) in [7, 11) is 0. The summed E-state index contributed by atoms with van der Waals surface area (Å²) in [5, 5.41) is 3.89. The monoisotopic (exact) mass is 276 g/mol. The van der Waals surface area contributed by atoms with Crippen molar-refractivity contribution < 1.29 is 9.53 Å². The number of benzene rings is 1. The van der Waals surface area contributed by atoms with E-state index in [9.17, 15) is 4.79 Å². The molecule has 2 heterocycles. The van der Waals surface area contributed by atoms with E-state index < -0.39 is 0 Å². The van der Waals surface area contributed by atoms with Crippen LogP contribution in [0, 0.1) is 12.8 Å². The molecule has 1 amide bonds. The van der Waals surface area contributed by atoms with Gasteiger partial charge in [-0.2, -0.15) is 0 Å². The van der Waals surface area contributed by atoms with E-state index in [-0.39, 0.29) is 17.9 Å². The minimum absolute atomic E-state index is 0.0203. The SMILES string of the molecule is Cc1nc2cccc(O[C@H](C)[C@H]3CNC(=O)C3)c2s1. The molecule has 1 aromatic heterocycles. The number of hydrogen-bond acceptors (Lipinski definition) is 4. The second-order valence-corrected chi connectivity index (χ2v) is 6.13. The lowest BCUT2D eigenvalue weighted by Crippen LogP contribution is -2.25. The summed E-state index contributed by atoms with van der Waals surface area (Å²) in [5.74, 6) is 1.24. The van der Waals surface area contributed by atoms with E-state index in [1.54, 1.807) is 11.3 Å². The third kappa shape index (κ3) is 2.42. The van der Waals surface area contributed by atoms with Crippen molar-refractivity contribution in [2.24, 2.45) is 5.92 Å². The largest absolute Gasteiger partial charge is 0.489 e. The number of hydrogen-bond donors (Lipinski definition) is 1. The van der Waals surface area contributed by atoms with Crippen LogP contribution in [0.15, 0.2) is 18.2 Å². The van der Waals surface area contributed by atoms with Crippen molar-refractivity contribution in [2.75, 3.05) is 6.54 Å². The molecule has 100 valence electrons. The Bertz CT molecular complexity index is 623. The number of fused-ring (bicyclic) bond motifs is 1. The minimum atomic E-state index is 0.0203. The van der Waals surface area contributed by atoms with Crippen LogP contribution in [-0.4, -0.2) is 23.5 Å². The van der Waals surface area contributed by atoms with Gasteiger partial charge in [0.25, 0.3) is 0 Å². The minimum Gasteiger partial charge on any atom is -0.489 e. The molecular weight excluding hydrogens is 260 g/mol. The third-order valence-electron chi connectivity index (χ3n) is 3.47. The quantitative estimate of drug-likeness (QED) is 0.937. The van der Waals surface area contributed by atoms with Crippen LogP contribution in [0.3, 0.4) is 0 Å². The number of thiazole rings is 1. The van der Waals surface area contributed by atoms with Gasteiger partial charge in [0.2, 0.25) is 5.91 Å². The van der Waals surface area contributed by atoms with Crippen LogP contribution in [0.1, 0.15) is 18.4 Å². The Morgan fingerprint density at radius 3 is 3.11 bits per heavy atom. The molecular formula is C14H16N2O2S. The summed E-state index contributed by atoms with van der Waals surface area (Å²) in [5.41, 5.74) is 0.979. The van der Waals surface area contributed by atoms with E-state index in [0.29, 0.717) is 13.0 Å². The Kier molecular flexibility index (Phi) is 3.14. The molecule has 3 rings (SSSR count). The highest BCUT2D eigenvalue weighted by molar-refractivity contribution is 7.18. The lowest BCUT2D eigenvalue weighted by atomic mass is 10.0. The summed E-state index contributed by atoms with van der Waals surface area (Å²) in [4.78, 5) is 15.7. The molecule has 1 aliphatic heterocycles. The normalized spacial score (nSPS) is 20.5. The molecule has 5 heteroatoms. The third-order valence-corrected chi connectivity index (χ3v) is 4.47. The average Bonchev–Trinajstić information content (AvgIpc) is 2.95. The molecule has 2 atom stereocenters. The van der Waals surface area contributed by atoms with Gasteiger partial charge in [0.05, 0.1) is 15.2 Å². The number of amides is 1. The molecule has 0 radical (unpaired) electrons. The number of carbonyl (C=O) groups is 1. The first kappa shape index (κ1) is 12.4. The van der Waals surface area contributed by atoms with Crippen LogP contribution in [0.2, 0.25) is 0 Å². The summed E-state index contributed by atoms with van der Waals surface area (Å²) < 4.78 is 7.14. The molecule has 1 aromatic carbocycles. The number of rotatable bonds is 3. The van der Waals surface area contributed by atoms with Crippen molar-refractivity contribution in [1.82, 2.24) is 10.3 Å². The molecule has 2 aromatic rings. The topological polar surface area (TPSA) is 51.2 Å². The molecule has 1 fully saturated rings. The van der Waals surface area contributed by atoms with Gasteiger partial charge in [0, 0.05) is 18.9 Å². The van der Waals surface area contributed by atoms with Crippen molar-refractivity contribution in [3.63, 3.8) is 0 Å². The highest BCUT2D eigenvalue weighted by Crippen LogP contribution is 2.32. The molecule has 1 N–H and O–H groups in total. The zero-order valence-electron chi connectivity index (χ0n) is 11.0. The summed E-state index contributed by atoms with van der Waals surface area (Å²) in [6.07, 6.45) is 0.575. The zero-order chi connectivity index (χ0) is 13.4. The van der Waals surface area contributed by atoms with E-state index in [1.165, 1.54) is 0 Å². The van der Waals surface area contributed by atoms with Crippen molar-refractivity contribution in [2.45, 2.75) is 26.4 Å². The maximum absolute atomic E-state index is 11.3. The molecule has 4 nitrogen and oxygen atoms in total. The maximum atomic E-state index is 11.3. The predicted octanol–water partition coefficient (Wildman–Crippen LogP) is 2.51. The molecule has 19 heavy (non-hydrogen) atoms. The highest BCUT2D eigenvalue weighted by atomic mass is 32.1. The summed E-state index contributed by atoms with van der Waals surface area (Å²) in [6.45, 7) is 4.73. The highest BCUT2D eigenvalue weighted by Gasteiger charge is 2.28. The van der Waals surface area contributed by atoms with E-state index >= 15 is 0 Å². The van der Waals surface area contributed by atoms with Gasteiger partial charge in [-0.15, -0.1) is 11.3 Å². The Labute approximate surface area is 115 Å². The molecule has 1 saturated heterocycles. The predicted molar refractivity (Wildman–Crippen MR) is 75.6 cm³/mol. The number of ether oxygens (including phenoxy) is 1. The lowest BCUT2D eigenvalue weighted by molar-refractivity contribution is -0.119. The first-order valence-corrected chi connectivity index (χ1v) is 7.24. The van der Waals surface area contributed by atoms with Crippen molar-refractivity contribution in [3.05, 3.63) is 23.2 Å². The van der Waals surface area contributed by atoms with Crippen LogP contribution in [0.4, 0.5) is 0 Å². The van der Waals surface area contributed by atoms with Crippen LogP contribution in [0.5, 0.6) is 5.75 Å². The van der Waals surface area contributed by atoms with E-state index in [1.807, 2.05) is 32.0 Å². The van der Waals surface area contributed by atoms with Crippen LogP contribution in [0.25, 0.3) is 10.2 Å². The van der Waals surface area contributed by atoms with Crippen LogP contribution < -0.4 is 10.1 Å². The second kappa shape index (κ2) is 4.81. The van der Waals surface area contributed by atoms with Gasteiger partial charge in [0.1, 0.15) is 11.9 Å². The van der Waals surface area contributed by atoms with E-state index in [4.69, 9.17) is 4.74 Å². The fraction of sp³-hybridized carbons (Fsp3) is 0.429. The van der Waals surface area contributed by atoms with Crippen molar-refractivity contribution in [1.29, 1.82) is 0 Å². The van der Waals surface area contributed by atoms with Gasteiger partial charge in [-0.1, -0.05) is 6.07 Å². The number of carbonyl (C=O) groups excluding carboxylic acids is 1. The fourth-order valence-electron chi connectivity index (χ4n) is 2.38. The van der Waals surface area contributed by atoms with Gasteiger partial charge in [-0.3, -0.25) is 4.79 Å². The van der Waals surface area contributed by atoms with Crippen molar-refractivity contribution in [3.8, 4) is 5.75 Å². The Morgan fingerprint density at radius 2 is 2.37 bits per heavy atom. The average molecular weight is 276 g/mol. The van der Waals surface area contributed by atoms with Gasteiger partial charge in [-0.25, -0.2) is 4.98 Å². The molecule has 0 spiro atoms. The zero-order valence-corrected chi connectivity index (χ0v) is 11.8. The molecule has 0 saturated carbocycles. The first-order chi connectivity index (χ1) is 9.13.